The van der Waals surface area contributed by atoms with Crippen molar-refractivity contribution in [1.29, 1.82) is 0 Å². The number of hydrogen-bond donors (Lipinski definition) is 2. The van der Waals surface area contributed by atoms with E-state index in [-0.39, 0.29) is 6.54 Å². The van der Waals surface area contributed by atoms with E-state index in [0.717, 1.165) is 19.4 Å². The van der Waals surface area contributed by atoms with Gasteiger partial charge in [-0.1, -0.05) is 12.8 Å². The van der Waals surface area contributed by atoms with Crippen molar-refractivity contribution >= 4 is 11.1 Å². The van der Waals surface area contributed by atoms with Gasteiger partial charge >= 0.3 is 5.25 Å². The molecule has 1 atom stereocenters. The molecule has 1 aliphatic carbocycles. The Kier molecular flexibility index (Phi) is 5.08. The molecule has 0 spiro atoms. The van der Waals surface area contributed by atoms with E-state index in [0.29, 0.717) is 5.92 Å². The quantitative estimate of drug-likeness (QED) is 0.552. The highest BCUT2D eigenvalue weighted by molar-refractivity contribution is 7.80. The van der Waals surface area contributed by atoms with Crippen molar-refractivity contribution in [1.82, 2.24) is 5.32 Å². The lowest BCUT2D eigenvalue weighted by Crippen LogP contribution is -2.30. The highest BCUT2D eigenvalue weighted by Crippen LogP contribution is 2.24. The summed E-state index contributed by atoms with van der Waals surface area (Å²) >= 11 is -3.05. The van der Waals surface area contributed by atoms with E-state index in [1.165, 1.54) is 12.8 Å². The molecule has 1 unspecified atom stereocenters. The van der Waals surface area contributed by atoms with Gasteiger partial charge in [-0.3, -0.25) is 0 Å². The number of halogens is 2. The molecule has 0 aliphatic heterocycles. The summed E-state index contributed by atoms with van der Waals surface area (Å²) in [5.41, 5.74) is 0. The summed E-state index contributed by atoms with van der Waals surface area (Å²) in [6.45, 7) is 0.837. The average molecular weight is 241 g/mol. The van der Waals surface area contributed by atoms with Gasteiger partial charge in [0.25, 0.3) is 0 Å². The zero-order valence-electron chi connectivity index (χ0n) is 8.55. The first-order valence-corrected chi connectivity index (χ1v) is 6.32. The van der Waals surface area contributed by atoms with Gasteiger partial charge in [0, 0.05) is 13.0 Å². The van der Waals surface area contributed by atoms with Gasteiger partial charge in [-0.2, -0.15) is 8.78 Å². The zero-order valence-corrected chi connectivity index (χ0v) is 9.36. The second-order valence-electron chi connectivity index (χ2n) is 3.99. The van der Waals surface area contributed by atoms with Crippen LogP contribution in [0.25, 0.3) is 0 Å². The smallest absolute Gasteiger partial charge is 0.316 e. The molecule has 0 aromatic rings. The third kappa shape index (κ3) is 4.53. The molecule has 1 aliphatic rings. The Hall–Kier alpha value is -0.0700. The summed E-state index contributed by atoms with van der Waals surface area (Å²) < 4.78 is 43.8. The maximum atomic E-state index is 12.7. The molecule has 2 N–H and O–H groups in total. The molecule has 1 saturated carbocycles. The Morgan fingerprint density at radius 3 is 2.53 bits per heavy atom. The summed E-state index contributed by atoms with van der Waals surface area (Å²) in [6, 6.07) is 0. The van der Waals surface area contributed by atoms with Crippen molar-refractivity contribution in [3.63, 3.8) is 0 Å². The molecular weight excluding hydrogens is 224 g/mol. The summed E-state index contributed by atoms with van der Waals surface area (Å²) in [5, 5.41) is -0.571. The van der Waals surface area contributed by atoms with Crippen LogP contribution in [0.15, 0.2) is 0 Å². The molecular formula is C9H17F2NO2S. The van der Waals surface area contributed by atoms with Gasteiger partial charge in [-0.05, 0) is 25.3 Å². The van der Waals surface area contributed by atoms with Crippen LogP contribution >= 0.6 is 0 Å². The van der Waals surface area contributed by atoms with Crippen LogP contribution in [-0.4, -0.2) is 27.1 Å². The second kappa shape index (κ2) is 5.86. The maximum absolute atomic E-state index is 12.7. The highest BCUT2D eigenvalue weighted by atomic mass is 32.2. The molecule has 0 amide bonds. The SMILES string of the molecule is O=S(O)C(F)(F)CCNCC1CCCC1. The van der Waals surface area contributed by atoms with Crippen LogP contribution in [0.1, 0.15) is 32.1 Å². The molecule has 3 nitrogen and oxygen atoms in total. The van der Waals surface area contributed by atoms with E-state index in [4.69, 9.17) is 4.55 Å². The first-order valence-electron chi connectivity index (χ1n) is 5.22. The number of hydrogen-bond acceptors (Lipinski definition) is 2. The van der Waals surface area contributed by atoms with Gasteiger partial charge in [-0.25, -0.2) is 4.21 Å². The predicted octanol–water partition coefficient (Wildman–Crippen LogP) is 1.97. The minimum absolute atomic E-state index is 0.0931. The van der Waals surface area contributed by atoms with Gasteiger partial charge in [0.15, 0.2) is 0 Å². The number of alkyl halides is 2. The molecule has 0 radical (unpaired) electrons. The van der Waals surface area contributed by atoms with Crippen molar-refractivity contribution in [3.05, 3.63) is 0 Å². The topological polar surface area (TPSA) is 49.3 Å². The van der Waals surface area contributed by atoms with Gasteiger partial charge < -0.3 is 9.87 Å². The Labute approximate surface area is 90.9 Å². The second-order valence-corrected chi connectivity index (χ2v) is 5.09. The number of rotatable bonds is 6. The lowest BCUT2D eigenvalue weighted by molar-refractivity contribution is 0.0801. The molecule has 0 aromatic heterocycles. The fourth-order valence-electron chi connectivity index (χ4n) is 1.84. The van der Waals surface area contributed by atoms with Crippen molar-refractivity contribution in [2.24, 2.45) is 5.92 Å². The van der Waals surface area contributed by atoms with Gasteiger partial charge in [-0.15, -0.1) is 0 Å². The molecule has 90 valence electrons. The molecule has 0 aromatic carbocycles. The molecule has 0 saturated heterocycles. The van der Waals surface area contributed by atoms with Crippen molar-refractivity contribution in [3.8, 4) is 0 Å². The van der Waals surface area contributed by atoms with Crippen LogP contribution < -0.4 is 5.32 Å². The lowest BCUT2D eigenvalue weighted by Gasteiger charge is -2.14. The summed E-state index contributed by atoms with van der Waals surface area (Å²) in [7, 11) is 0. The summed E-state index contributed by atoms with van der Waals surface area (Å²) in [5.74, 6) is 0.596. The fraction of sp³-hybridized carbons (Fsp3) is 1.00. The maximum Gasteiger partial charge on any atom is 0.346 e. The molecule has 0 bridgehead atoms. The molecule has 1 rings (SSSR count). The Morgan fingerprint density at radius 2 is 2.00 bits per heavy atom. The van der Waals surface area contributed by atoms with E-state index < -0.39 is 22.8 Å². The van der Waals surface area contributed by atoms with E-state index in [9.17, 15) is 13.0 Å². The van der Waals surface area contributed by atoms with Crippen LogP contribution in [-0.2, 0) is 11.1 Å². The van der Waals surface area contributed by atoms with Crippen LogP contribution in [0.4, 0.5) is 8.78 Å². The first-order chi connectivity index (χ1) is 7.02. The minimum Gasteiger partial charge on any atom is -0.316 e. The van der Waals surface area contributed by atoms with E-state index in [1.807, 2.05) is 0 Å². The Morgan fingerprint density at radius 1 is 1.40 bits per heavy atom. The lowest BCUT2D eigenvalue weighted by atomic mass is 10.1. The molecule has 15 heavy (non-hydrogen) atoms. The standard InChI is InChI=1S/C9H17F2NO2S/c10-9(11,15(13)14)5-6-12-7-8-3-1-2-4-8/h8,12H,1-7H2,(H,13,14). The largest absolute Gasteiger partial charge is 0.346 e. The normalized spacial score (nSPS) is 20.7. The van der Waals surface area contributed by atoms with Crippen LogP contribution in [0.5, 0.6) is 0 Å². The van der Waals surface area contributed by atoms with Crippen LogP contribution in [0.3, 0.4) is 0 Å². The first kappa shape index (κ1) is 13.0. The van der Waals surface area contributed by atoms with Crippen molar-refractivity contribution in [2.75, 3.05) is 13.1 Å². The third-order valence-electron chi connectivity index (χ3n) is 2.76. The molecule has 6 heteroatoms. The summed E-state index contributed by atoms with van der Waals surface area (Å²) in [4.78, 5) is 0. The predicted molar refractivity (Wildman–Crippen MR) is 55.2 cm³/mol. The van der Waals surface area contributed by atoms with Crippen LogP contribution in [0.2, 0.25) is 0 Å². The summed E-state index contributed by atoms with van der Waals surface area (Å²) in [6.07, 6.45) is 4.19. The van der Waals surface area contributed by atoms with Gasteiger partial charge in [0.2, 0.25) is 11.1 Å². The third-order valence-corrected chi connectivity index (χ3v) is 3.47. The molecule has 1 fully saturated rings. The number of nitrogens with one attached hydrogen (secondary N) is 1. The van der Waals surface area contributed by atoms with E-state index >= 15 is 0 Å². The Balaban J connectivity index is 2.08. The van der Waals surface area contributed by atoms with Crippen molar-refractivity contribution in [2.45, 2.75) is 37.4 Å². The van der Waals surface area contributed by atoms with Crippen molar-refractivity contribution < 1.29 is 17.5 Å². The minimum atomic E-state index is -3.48. The zero-order chi connectivity index (χ0) is 11.3. The monoisotopic (exact) mass is 241 g/mol. The highest BCUT2D eigenvalue weighted by Gasteiger charge is 2.35. The van der Waals surface area contributed by atoms with Gasteiger partial charge in [0.1, 0.15) is 0 Å². The van der Waals surface area contributed by atoms with E-state index in [1.54, 1.807) is 0 Å². The van der Waals surface area contributed by atoms with Crippen LogP contribution in [0, 0.1) is 5.92 Å². The Bertz CT molecular complexity index is 220. The average Bonchev–Trinajstić information content (AvgIpc) is 2.64. The molecule has 0 heterocycles. The van der Waals surface area contributed by atoms with E-state index in [2.05, 4.69) is 5.32 Å². The fourth-order valence-corrected chi connectivity index (χ4v) is 2.12. The van der Waals surface area contributed by atoms with Gasteiger partial charge in [0.05, 0.1) is 0 Å².